The van der Waals surface area contributed by atoms with E-state index in [2.05, 4.69) is 66.6 Å². The molecule has 3 aromatic carbocycles. The highest BCUT2D eigenvalue weighted by atomic mass is 19.2. The molecule has 1 aliphatic rings. The fraction of sp³-hybridized carbons (Fsp3) is 0.229. The lowest BCUT2D eigenvalue weighted by Gasteiger charge is -2.32. The van der Waals surface area contributed by atoms with Crippen LogP contribution in [0.3, 0.4) is 0 Å². The number of aromatic nitrogens is 4. The fourth-order valence-electron chi connectivity index (χ4n) is 5.44. The van der Waals surface area contributed by atoms with E-state index in [1.165, 1.54) is 18.0 Å². The molecular formula is C35H31F2N7O2. The van der Waals surface area contributed by atoms with E-state index in [-0.39, 0.29) is 18.7 Å². The van der Waals surface area contributed by atoms with E-state index in [0.717, 1.165) is 77.7 Å². The molecule has 2 N–H and O–H groups in total. The van der Waals surface area contributed by atoms with Gasteiger partial charge in [0.15, 0.2) is 11.6 Å². The minimum atomic E-state index is -1.02. The first kappa shape index (κ1) is 30.6. The Morgan fingerprint density at radius 3 is 2.57 bits per heavy atom. The molecule has 0 aliphatic carbocycles. The summed E-state index contributed by atoms with van der Waals surface area (Å²) in [6.07, 6.45) is 5.97. The summed E-state index contributed by atoms with van der Waals surface area (Å²) < 4.78 is 28.0. The molecule has 232 valence electrons. The smallest absolute Gasteiger partial charge is 0.266 e. The summed E-state index contributed by atoms with van der Waals surface area (Å²) in [5.41, 5.74) is 2.41. The Morgan fingerprint density at radius 2 is 1.76 bits per heavy atom. The van der Waals surface area contributed by atoms with Crippen LogP contribution in [0.1, 0.15) is 39.9 Å². The highest BCUT2D eigenvalue weighted by Gasteiger charge is 2.20. The molecule has 6 rings (SSSR count). The number of hydrogen-bond donors (Lipinski definition) is 2. The van der Waals surface area contributed by atoms with Gasteiger partial charge in [-0.2, -0.15) is 0 Å². The van der Waals surface area contributed by atoms with E-state index < -0.39 is 23.1 Å². The Bertz CT molecular complexity index is 1980. The van der Waals surface area contributed by atoms with Gasteiger partial charge in [0.05, 0.1) is 24.9 Å². The molecule has 0 spiro atoms. The van der Waals surface area contributed by atoms with Crippen molar-refractivity contribution in [3.05, 3.63) is 130 Å². The van der Waals surface area contributed by atoms with Crippen molar-refractivity contribution in [2.75, 3.05) is 25.0 Å². The number of amides is 1. The fourth-order valence-corrected chi connectivity index (χ4v) is 5.44. The van der Waals surface area contributed by atoms with Crippen molar-refractivity contribution in [2.45, 2.75) is 32.0 Å². The average molecular weight is 620 g/mol. The number of piperidine rings is 1. The summed E-state index contributed by atoms with van der Waals surface area (Å²) in [4.78, 5) is 40.9. The van der Waals surface area contributed by atoms with Gasteiger partial charge >= 0.3 is 0 Å². The van der Waals surface area contributed by atoms with Gasteiger partial charge in [0.25, 0.3) is 11.5 Å². The molecule has 1 aliphatic heterocycles. The molecule has 9 nitrogen and oxygen atoms in total. The maximum atomic E-state index is 13.6. The Balaban J connectivity index is 1.06. The summed E-state index contributed by atoms with van der Waals surface area (Å²) in [6.45, 7) is 2.87. The maximum Gasteiger partial charge on any atom is 0.266 e. The predicted octanol–water partition coefficient (Wildman–Crippen LogP) is 4.37. The van der Waals surface area contributed by atoms with E-state index in [0.29, 0.717) is 11.6 Å². The molecule has 1 fully saturated rings. The lowest BCUT2D eigenvalue weighted by molar-refractivity contribution is 0.0956. The molecule has 0 radical (unpaired) electrons. The molecule has 46 heavy (non-hydrogen) atoms. The van der Waals surface area contributed by atoms with Crippen LogP contribution in [-0.2, 0) is 13.1 Å². The minimum absolute atomic E-state index is 0.00761. The largest absolute Gasteiger partial charge is 0.367 e. The lowest BCUT2D eigenvalue weighted by Crippen LogP contribution is -2.38. The number of nitrogens with zero attached hydrogens (tertiary/aromatic N) is 5. The zero-order valence-corrected chi connectivity index (χ0v) is 24.9. The number of hydrogen-bond acceptors (Lipinski definition) is 7. The molecule has 2 aromatic heterocycles. The van der Waals surface area contributed by atoms with Crippen LogP contribution in [0.25, 0.3) is 10.9 Å². The summed E-state index contributed by atoms with van der Waals surface area (Å²) in [5, 5.41) is 7.10. The maximum absolute atomic E-state index is 13.6. The number of halogens is 2. The lowest BCUT2D eigenvalue weighted by atomic mass is 10.0. The van der Waals surface area contributed by atoms with Crippen LogP contribution in [-0.4, -0.2) is 56.0 Å². The summed E-state index contributed by atoms with van der Waals surface area (Å²) in [5.74, 6) is 4.10. The third kappa shape index (κ3) is 7.42. The van der Waals surface area contributed by atoms with Gasteiger partial charge in [0.1, 0.15) is 17.7 Å². The Labute approximate surface area is 264 Å². The number of likely N-dealkylation sites (tertiary alicyclic amines) is 1. The molecule has 0 atom stereocenters. The quantitative estimate of drug-likeness (QED) is 0.249. The Morgan fingerprint density at radius 1 is 0.935 bits per heavy atom. The number of carbonyl (C=O) groups excluding carboxylic acids is 1. The zero-order valence-electron chi connectivity index (χ0n) is 24.9. The van der Waals surface area contributed by atoms with Crippen molar-refractivity contribution in [1.29, 1.82) is 0 Å². The Kier molecular flexibility index (Phi) is 9.36. The highest BCUT2D eigenvalue weighted by molar-refractivity contribution is 5.93. The Hall–Kier alpha value is -5.47. The van der Waals surface area contributed by atoms with Gasteiger partial charge in [-0.1, -0.05) is 48.2 Å². The molecule has 11 heteroatoms. The average Bonchev–Trinajstić information content (AvgIpc) is 3.07. The van der Waals surface area contributed by atoms with Crippen molar-refractivity contribution in [1.82, 2.24) is 29.7 Å². The monoisotopic (exact) mass is 619 g/mol. The molecular weight excluding hydrogens is 588 g/mol. The third-order valence-electron chi connectivity index (χ3n) is 7.87. The second kappa shape index (κ2) is 14.1. The van der Waals surface area contributed by atoms with E-state index in [9.17, 15) is 18.4 Å². The van der Waals surface area contributed by atoms with E-state index in [1.807, 2.05) is 24.3 Å². The van der Waals surface area contributed by atoms with Gasteiger partial charge in [-0.15, -0.1) is 0 Å². The van der Waals surface area contributed by atoms with Crippen LogP contribution in [0.5, 0.6) is 0 Å². The van der Waals surface area contributed by atoms with Crippen LogP contribution >= 0.6 is 0 Å². The van der Waals surface area contributed by atoms with Gasteiger partial charge in [0.2, 0.25) is 0 Å². The van der Waals surface area contributed by atoms with Crippen LogP contribution in [0.2, 0.25) is 0 Å². The summed E-state index contributed by atoms with van der Waals surface area (Å²) in [7, 11) is 0. The number of rotatable bonds is 8. The van der Waals surface area contributed by atoms with Crippen molar-refractivity contribution in [3.8, 4) is 11.8 Å². The van der Waals surface area contributed by atoms with Crippen LogP contribution < -0.4 is 16.2 Å². The molecule has 1 saturated heterocycles. The van der Waals surface area contributed by atoms with Crippen molar-refractivity contribution < 1.29 is 13.6 Å². The number of fused-ring (bicyclic) bond motifs is 1. The van der Waals surface area contributed by atoms with Gasteiger partial charge < -0.3 is 10.6 Å². The van der Waals surface area contributed by atoms with E-state index in [1.54, 1.807) is 6.33 Å². The molecule has 1 amide bonds. The molecule has 0 saturated carbocycles. The zero-order chi connectivity index (χ0) is 31.9. The topological polar surface area (TPSA) is 105 Å². The van der Waals surface area contributed by atoms with Crippen LogP contribution in [0, 0.1) is 23.5 Å². The van der Waals surface area contributed by atoms with Gasteiger partial charge in [-0.3, -0.25) is 19.1 Å². The third-order valence-corrected chi connectivity index (χ3v) is 7.87. The van der Waals surface area contributed by atoms with Gasteiger partial charge in [0, 0.05) is 42.8 Å². The number of anilines is 1. The predicted molar refractivity (Wildman–Crippen MR) is 171 cm³/mol. The first-order chi connectivity index (χ1) is 22.4. The normalized spacial score (nSPS) is 13.6. The SMILES string of the molecule is O=C(NCC#Cc1ccc2ncnc(NC3CCN(Cc4ccccc4)CC3)c2c1)c1cncn(Cc2ccc(F)c(F)c2)c1=O. The first-order valence-electron chi connectivity index (χ1n) is 15.0. The minimum Gasteiger partial charge on any atom is -0.367 e. The van der Waals surface area contributed by atoms with Crippen LogP contribution in [0.4, 0.5) is 14.6 Å². The van der Waals surface area contributed by atoms with E-state index in [4.69, 9.17) is 0 Å². The molecule has 0 unspecified atom stereocenters. The van der Waals surface area contributed by atoms with Crippen molar-refractivity contribution >= 4 is 22.6 Å². The second-order valence-electron chi connectivity index (χ2n) is 11.1. The number of nitrogens with one attached hydrogen (secondary N) is 2. The summed E-state index contributed by atoms with van der Waals surface area (Å²) >= 11 is 0. The number of carbonyl (C=O) groups is 1. The number of benzene rings is 3. The first-order valence-corrected chi connectivity index (χ1v) is 15.0. The van der Waals surface area contributed by atoms with E-state index >= 15 is 0 Å². The second-order valence-corrected chi connectivity index (χ2v) is 11.1. The van der Waals surface area contributed by atoms with Crippen molar-refractivity contribution in [3.63, 3.8) is 0 Å². The van der Waals surface area contributed by atoms with Crippen LogP contribution in [0.15, 0.2) is 90.4 Å². The highest BCUT2D eigenvalue weighted by Crippen LogP contribution is 2.24. The van der Waals surface area contributed by atoms with Gasteiger partial charge in [-0.25, -0.2) is 23.7 Å². The molecule has 3 heterocycles. The van der Waals surface area contributed by atoms with Crippen molar-refractivity contribution in [2.24, 2.45) is 0 Å². The molecule has 0 bridgehead atoms. The standard InChI is InChI=1S/C35H31F2N7O2/c36-30-10-8-26(18-31(30)37)21-44-23-38-19-29(35(44)46)34(45)39-14-4-7-24-9-11-32-28(17-24)33(41-22-40-32)42-27-12-15-43(16-13-27)20-25-5-2-1-3-6-25/h1-3,5-6,8-11,17-19,22-23,27H,12-16,20-21H2,(H,39,45)(H,40,41,42). The molecule has 5 aromatic rings. The summed E-state index contributed by atoms with van der Waals surface area (Å²) in [6, 6.07) is 19.8. The van der Waals surface area contributed by atoms with Gasteiger partial charge in [-0.05, 0) is 54.3 Å².